The minimum Gasteiger partial charge on any atom is -0.388 e. The third-order valence-electron chi connectivity index (χ3n) is 7.43. The van der Waals surface area contributed by atoms with Crippen LogP contribution in [-0.4, -0.2) is 28.2 Å². The normalized spacial score (nSPS) is 20.3. The van der Waals surface area contributed by atoms with Gasteiger partial charge in [0.05, 0.1) is 17.7 Å². The maximum Gasteiger partial charge on any atom is 0.0901 e. The SMILES string of the molecule is CC(C)(C)CCN(CCCC1(O)CCC(O)c2ccccc21)C(c1ccccc1)c1ccccc1. The lowest BCUT2D eigenvalue weighted by molar-refractivity contribution is -0.0171. The van der Waals surface area contributed by atoms with Crippen LogP contribution in [0, 0.1) is 5.41 Å². The van der Waals surface area contributed by atoms with E-state index in [9.17, 15) is 10.2 Å². The van der Waals surface area contributed by atoms with Gasteiger partial charge in [0.1, 0.15) is 0 Å². The van der Waals surface area contributed by atoms with Gasteiger partial charge in [0.15, 0.2) is 0 Å². The highest BCUT2D eigenvalue weighted by Crippen LogP contribution is 2.43. The highest BCUT2D eigenvalue weighted by molar-refractivity contribution is 5.36. The molecule has 35 heavy (non-hydrogen) atoms. The van der Waals surface area contributed by atoms with Gasteiger partial charge >= 0.3 is 0 Å². The van der Waals surface area contributed by atoms with Crippen LogP contribution in [0.4, 0.5) is 0 Å². The number of aliphatic hydroxyl groups excluding tert-OH is 1. The first kappa shape index (κ1) is 25.6. The van der Waals surface area contributed by atoms with Gasteiger partial charge in [-0.25, -0.2) is 0 Å². The van der Waals surface area contributed by atoms with Crippen LogP contribution in [0.3, 0.4) is 0 Å². The maximum atomic E-state index is 11.7. The predicted molar refractivity (Wildman–Crippen MR) is 144 cm³/mol. The van der Waals surface area contributed by atoms with Crippen LogP contribution in [0.15, 0.2) is 84.9 Å². The van der Waals surface area contributed by atoms with Crippen LogP contribution < -0.4 is 0 Å². The lowest BCUT2D eigenvalue weighted by Gasteiger charge is -2.38. The van der Waals surface area contributed by atoms with E-state index in [1.807, 2.05) is 24.3 Å². The van der Waals surface area contributed by atoms with Crippen molar-refractivity contribution in [2.75, 3.05) is 13.1 Å². The third-order valence-corrected chi connectivity index (χ3v) is 7.43. The van der Waals surface area contributed by atoms with Gasteiger partial charge in [0.25, 0.3) is 0 Å². The van der Waals surface area contributed by atoms with E-state index in [0.29, 0.717) is 19.3 Å². The first-order chi connectivity index (χ1) is 16.8. The Morgan fingerprint density at radius 2 is 1.43 bits per heavy atom. The summed E-state index contributed by atoms with van der Waals surface area (Å²) in [6, 6.07) is 29.6. The van der Waals surface area contributed by atoms with Crippen molar-refractivity contribution in [2.24, 2.45) is 5.41 Å². The molecule has 0 saturated carbocycles. The van der Waals surface area contributed by atoms with Gasteiger partial charge in [0.2, 0.25) is 0 Å². The Morgan fingerprint density at radius 1 is 0.857 bits per heavy atom. The van der Waals surface area contributed by atoms with E-state index in [-0.39, 0.29) is 11.5 Å². The summed E-state index contributed by atoms with van der Waals surface area (Å²) < 4.78 is 0. The highest BCUT2D eigenvalue weighted by atomic mass is 16.3. The van der Waals surface area contributed by atoms with Gasteiger partial charge in [-0.3, -0.25) is 4.90 Å². The van der Waals surface area contributed by atoms with E-state index in [1.54, 1.807) is 0 Å². The molecule has 0 fully saturated rings. The van der Waals surface area contributed by atoms with Crippen molar-refractivity contribution in [3.8, 4) is 0 Å². The summed E-state index contributed by atoms with van der Waals surface area (Å²) in [5.74, 6) is 0. The van der Waals surface area contributed by atoms with Gasteiger partial charge < -0.3 is 10.2 Å². The molecular weight excluding hydrogens is 430 g/mol. The Morgan fingerprint density at radius 3 is 2.03 bits per heavy atom. The minimum absolute atomic E-state index is 0.176. The van der Waals surface area contributed by atoms with Gasteiger partial charge in [0, 0.05) is 0 Å². The van der Waals surface area contributed by atoms with E-state index >= 15 is 0 Å². The van der Waals surface area contributed by atoms with Crippen molar-refractivity contribution < 1.29 is 10.2 Å². The Kier molecular flexibility index (Phi) is 8.11. The summed E-state index contributed by atoms with van der Waals surface area (Å²) in [4.78, 5) is 2.60. The highest BCUT2D eigenvalue weighted by Gasteiger charge is 2.37. The van der Waals surface area contributed by atoms with Crippen molar-refractivity contribution in [1.82, 2.24) is 4.90 Å². The first-order valence-electron chi connectivity index (χ1n) is 13.1. The van der Waals surface area contributed by atoms with E-state index in [0.717, 1.165) is 37.1 Å². The van der Waals surface area contributed by atoms with Crippen LogP contribution in [0.25, 0.3) is 0 Å². The van der Waals surface area contributed by atoms with Crippen molar-refractivity contribution in [2.45, 2.75) is 70.6 Å². The maximum absolute atomic E-state index is 11.7. The van der Waals surface area contributed by atoms with Gasteiger partial charge in [-0.1, -0.05) is 106 Å². The zero-order chi connectivity index (χ0) is 24.9. The second-order valence-electron chi connectivity index (χ2n) is 11.3. The zero-order valence-electron chi connectivity index (χ0n) is 21.5. The molecule has 2 N–H and O–H groups in total. The summed E-state index contributed by atoms with van der Waals surface area (Å²) in [5, 5.41) is 22.1. The van der Waals surface area contributed by atoms with Gasteiger partial charge in [-0.05, 0) is 72.9 Å². The van der Waals surface area contributed by atoms with Gasteiger partial charge in [-0.2, -0.15) is 0 Å². The Balaban J connectivity index is 1.58. The third kappa shape index (κ3) is 6.41. The molecule has 0 spiro atoms. The molecule has 3 aromatic carbocycles. The van der Waals surface area contributed by atoms with E-state index in [4.69, 9.17) is 0 Å². The molecule has 0 amide bonds. The monoisotopic (exact) mass is 471 g/mol. The molecule has 0 aliphatic heterocycles. The molecule has 1 aliphatic carbocycles. The van der Waals surface area contributed by atoms with Crippen LogP contribution >= 0.6 is 0 Å². The molecule has 3 nitrogen and oxygen atoms in total. The number of fused-ring (bicyclic) bond motifs is 1. The average molecular weight is 472 g/mol. The standard InChI is InChI=1S/C32H41NO2/c1-31(2,3)22-24-33(30(25-13-6-4-7-14-25)26-15-8-5-9-16-26)23-12-20-32(35)21-19-29(34)27-17-10-11-18-28(27)32/h4-11,13-18,29-30,34-35H,12,19-24H2,1-3H3. The van der Waals surface area contributed by atoms with Crippen molar-refractivity contribution in [3.63, 3.8) is 0 Å². The second-order valence-corrected chi connectivity index (χ2v) is 11.3. The number of aliphatic hydroxyl groups is 2. The zero-order valence-corrected chi connectivity index (χ0v) is 21.5. The number of hydrogen-bond acceptors (Lipinski definition) is 3. The fourth-order valence-corrected chi connectivity index (χ4v) is 5.45. The Bertz CT molecular complexity index is 1020. The number of benzene rings is 3. The van der Waals surface area contributed by atoms with Crippen LogP contribution in [0.2, 0.25) is 0 Å². The van der Waals surface area contributed by atoms with Crippen LogP contribution in [-0.2, 0) is 5.60 Å². The summed E-state index contributed by atoms with van der Waals surface area (Å²) in [7, 11) is 0. The topological polar surface area (TPSA) is 43.7 Å². The van der Waals surface area contributed by atoms with E-state index in [2.05, 4.69) is 86.3 Å². The summed E-state index contributed by atoms with van der Waals surface area (Å²) in [6.07, 6.45) is 3.42. The van der Waals surface area contributed by atoms with Gasteiger partial charge in [-0.15, -0.1) is 0 Å². The molecule has 0 saturated heterocycles. The van der Waals surface area contributed by atoms with Crippen molar-refractivity contribution >= 4 is 0 Å². The average Bonchev–Trinajstić information content (AvgIpc) is 2.86. The molecule has 0 bridgehead atoms. The quantitative estimate of drug-likeness (QED) is 0.353. The van der Waals surface area contributed by atoms with Crippen LogP contribution in [0.1, 0.15) is 87.3 Å². The molecule has 2 unspecified atom stereocenters. The molecule has 3 aromatic rings. The summed E-state index contributed by atoms with van der Waals surface area (Å²) in [6.45, 7) is 8.80. The Hall–Kier alpha value is -2.46. The minimum atomic E-state index is -0.874. The molecule has 3 heteroatoms. The lowest BCUT2D eigenvalue weighted by Crippen LogP contribution is -2.36. The smallest absolute Gasteiger partial charge is 0.0901 e. The molecule has 1 aliphatic rings. The Labute approximate surface area is 211 Å². The lowest BCUT2D eigenvalue weighted by atomic mass is 9.75. The van der Waals surface area contributed by atoms with Crippen molar-refractivity contribution in [1.29, 1.82) is 0 Å². The number of nitrogens with zero attached hydrogens (tertiary/aromatic N) is 1. The molecule has 0 aromatic heterocycles. The molecule has 4 rings (SSSR count). The number of rotatable bonds is 9. The second kappa shape index (κ2) is 11.1. The number of hydrogen-bond donors (Lipinski definition) is 2. The summed E-state index contributed by atoms with van der Waals surface area (Å²) in [5.41, 5.74) is 3.77. The van der Waals surface area contributed by atoms with E-state index in [1.165, 1.54) is 11.1 Å². The molecule has 2 atom stereocenters. The van der Waals surface area contributed by atoms with E-state index < -0.39 is 11.7 Å². The molecule has 186 valence electrons. The molecular formula is C32H41NO2. The fourth-order valence-electron chi connectivity index (χ4n) is 5.45. The molecule has 0 radical (unpaired) electrons. The molecule has 0 heterocycles. The predicted octanol–water partition coefficient (Wildman–Crippen LogP) is 7.01. The largest absolute Gasteiger partial charge is 0.388 e. The van der Waals surface area contributed by atoms with Crippen molar-refractivity contribution in [3.05, 3.63) is 107 Å². The van der Waals surface area contributed by atoms with Crippen LogP contribution in [0.5, 0.6) is 0 Å². The first-order valence-corrected chi connectivity index (χ1v) is 13.1. The summed E-state index contributed by atoms with van der Waals surface area (Å²) >= 11 is 0. The fraction of sp³-hybridized carbons (Fsp3) is 0.438.